The van der Waals surface area contributed by atoms with Crippen LogP contribution < -0.4 is 0 Å². The van der Waals surface area contributed by atoms with Crippen molar-refractivity contribution in [2.45, 2.75) is 13.5 Å². The third-order valence-electron chi connectivity index (χ3n) is 3.04. The second kappa shape index (κ2) is 7.27. The van der Waals surface area contributed by atoms with Gasteiger partial charge in [0.05, 0.1) is 5.75 Å². The molecule has 0 bridgehead atoms. The summed E-state index contributed by atoms with van der Waals surface area (Å²) in [6, 6.07) is 18.0. The summed E-state index contributed by atoms with van der Waals surface area (Å²) in [6.07, 6.45) is 0. The highest BCUT2D eigenvalue weighted by atomic mass is 32.2. The first kappa shape index (κ1) is 14.8. The summed E-state index contributed by atoms with van der Waals surface area (Å²) in [7, 11) is 2.01. The van der Waals surface area contributed by atoms with Gasteiger partial charge in [-0.25, -0.2) is 4.31 Å². The standard InChI is InChI=1S/C17H19NOS/c1-14-8-10-16(11-9-14)17(19)13-20-18(2)12-15-6-4-3-5-7-15/h3-11H,12-13H2,1-2H3. The van der Waals surface area contributed by atoms with Crippen molar-refractivity contribution in [3.8, 4) is 0 Å². The Hall–Kier alpha value is -1.58. The van der Waals surface area contributed by atoms with Crippen molar-refractivity contribution < 1.29 is 4.79 Å². The molecule has 0 aliphatic carbocycles. The van der Waals surface area contributed by atoms with Gasteiger partial charge in [-0.3, -0.25) is 4.79 Å². The normalized spacial score (nSPS) is 10.8. The van der Waals surface area contributed by atoms with E-state index in [0.717, 1.165) is 12.1 Å². The largest absolute Gasteiger partial charge is 0.293 e. The van der Waals surface area contributed by atoms with Crippen molar-refractivity contribution in [2.75, 3.05) is 12.8 Å². The molecule has 20 heavy (non-hydrogen) atoms. The van der Waals surface area contributed by atoms with Gasteiger partial charge < -0.3 is 0 Å². The molecule has 3 heteroatoms. The van der Waals surface area contributed by atoms with Crippen LogP contribution in [0.4, 0.5) is 0 Å². The van der Waals surface area contributed by atoms with E-state index in [1.54, 1.807) is 11.9 Å². The maximum absolute atomic E-state index is 12.1. The number of Topliss-reactive ketones (excluding diaryl/α,β-unsaturated/α-hetero) is 1. The fraction of sp³-hybridized carbons (Fsp3) is 0.235. The summed E-state index contributed by atoms with van der Waals surface area (Å²) in [5.74, 6) is 0.654. The molecule has 0 saturated heterocycles. The third-order valence-corrected chi connectivity index (χ3v) is 4.00. The molecule has 2 aromatic rings. The van der Waals surface area contributed by atoms with Gasteiger partial charge in [0, 0.05) is 12.1 Å². The molecule has 0 amide bonds. The molecule has 2 nitrogen and oxygen atoms in total. The third kappa shape index (κ3) is 4.51. The van der Waals surface area contributed by atoms with E-state index in [9.17, 15) is 4.79 Å². The lowest BCUT2D eigenvalue weighted by atomic mass is 10.1. The Bertz CT molecular complexity index is 551. The van der Waals surface area contributed by atoms with Crippen molar-refractivity contribution in [2.24, 2.45) is 0 Å². The molecule has 104 valence electrons. The molecule has 0 unspecified atom stereocenters. The van der Waals surface area contributed by atoms with E-state index in [0.29, 0.717) is 5.75 Å². The molecule has 0 fully saturated rings. The highest BCUT2D eigenvalue weighted by molar-refractivity contribution is 7.97. The number of rotatable bonds is 6. The SMILES string of the molecule is Cc1ccc(C(=O)CSN(C)Cc2ccccc2)cc1. The molecule has 0 saturated carbocycles. The van der Waals surface area contributed by atoms with Crippen molar-refractivity contribution in [1.82, 2.24) is 4.31 Å². The van der Waals surface area contributed by atoms with Gasteiger partial charge in [-0.15, -0.1) is 0 Å². The van der Waals surface area contributed by atoms with E-state index < -0.39 is 0 Å². The minimum absolute atomic E-state index is 0.176. The predicted octanol–water partition coefficient (Wildman–Crippen LogP) is 3.96. The molecule has 0 atom stereocenters. The van der Waals surface area contributed by atoms with E-state index in [1.165, 1.54) is 11.1 Å². The lowest BCUT2D eigenvalue weighted by molar-refractivity contribution is 0.102. The summed E-state index contributed by atoms with van der Waals surface area (Å²) in [4.78, 5) is 12.1. The molecule has 0 spiro atoms. The average Bonchev–Trinajstić information content (AvgIpc) is 2.46. The van der Waals surface area contributed by atoms with E-state index in [2.05, 4.69) is 16.4 Å². The van der Waals surface area contributed by atoms with Crippen LogP contribution in [-0.2, 0) is 6.54 Å². The quantitative estimate of drug-likeness (QED) is 0.592. The topological polar surface area (TPSA) is 20.3 Å². The number of nitrogens with zero attached hydrogens (tertiary/aromatic N) is 1. The Morgan fingerprint density at radius 2 is 1.70 bits per heavy atom. The minimum atomic E-state index is 0.176. The fourth-order valence-corrected chi connectivity index (χ4v) is 2.62. The number of hydrogen-bond donors (Lipinski definition) is 0. The first-order valence-electron chi connectivity index (χ1n) is 6.63. The number of ketones is 1. The van der Waals surface area contributed by atoms with Crippen molar-refractivity contribution >= 4 is 17.7 Å². The van der Waals surface area contributed by atoms with Crippen LogP contribution in [0, 0.1) is 6.92 Å². The average molecular weight is 285 g/mol. The van der Waals surface area contributed by atoms with Crippen molar-refractivity contribution in [3.05, 3.63) is 71.3 Å². The second-order valence-corrected chi connectivity index (χ2v) is 6.00. The molecule has 0 aromatic heterocycles. The number of carbonyl (C=O) groups is 1. The maximum atomic E-state index is 12.1. The Balaban J connectivity index is 1.82. The smallest absolute Gasteiger partial charge is 0.174 e. The Kier molecular flexibility index (Phi) is 5.39. The van der Waals surface area contributed by atoms with Crippen LogP contribution in [0.3, 0.4) is 0 Å². The number of carbonyl (C=O) groups excluding carboxylic acids is 1. The zero-order chi connectivity index (χ0) is 14.4. The van der Waals surface area contributed by atoms with E-state index in [-0.39, 0.29) is 5.78 Å². The summed E-state index contributed by atoms with van der Waals surface area (Å²) < 4.78 is 2.10. The van der Waals surface area contributed by atoms with Crippen LogP contribution in [0.5, 0.6) is 0 Å². The van der Waals surface area contributed by atoms with Gasteiger partial charge >= 0.3 is 0 Å². The molecular formula is C17H19NOS. The Labute approximate surface area is 124 Å². The van der Waals surface area contributed by atoms with E-state index >= 15 is 0 Å². The minimum Gasteiger partial charge on any atom is -0.293 e. The lowest BCUT2D eigenvalue weighted by Crippen LogP contribution is -2.13. The number of aryl methyl sites for hydroxylation is 1. The zero-order valence-corrected chi connectivity index (χ0v) is 12.7. The van der Waals surface area contributed by atoms with Crippen LogP contribution in [0.1, 0.15) is 21.5 Å². The molecule has 0 radical (unpaired) electrons. The molecule has 0 aliphatic heterocycles. The van der Waals surface area contributed by atoms with Crippen LogP contribution in [0.15, 0.2) is 54.6 Å². The summed E-state index contributed by atoms with van der Waals surface area (Å²) in [6.45, 7) is 2.86. The highest BCUT2D eigenvalue weighted by Crippen LogP contribution is 2.14. The monoisotopic (exact) mass is 285 g/mol. The number of hydrogen-bond acceptors (Lipinski definition) is 3. The zero-order valence-electron chi connectivity index (χ0n) is 11.9. The number of benzene rings is 2. The molecule has 2 aromatic carbocycles. The lowest BCUT2D eigenvalue weighted by Gasteiger charge is -2.15. The van der Waals surface area contributed by atoms with Gasteiger partial charge in [-0.2, -0.15) is 0 Å². The van der Waals surface area contributed by atoms with Gasteiger partial charge in [-0.05, 0) is 19.5 Å². The van der Waals surface area contributed by atoms with Crippen LogP contribution in [0.2, 0.25) is 0 Å². The molecular weight excluding hydrogens is 266 g/mol. The fourth-order valence-electron chi connectivity index (χ4n) is 1.88. The first-order chi connectivity index (χ1) is 9.65. The van der Waals surface area contributed by atoms with Crippen LogP contribution >= 0.6 is 11.9 Å². The van der Waals surface area contributed by atoms with Gasteiger partial charge in [0.1, 0.15) is 0 Å². The first-order valence-corrected chi connectivity index (χ1v) is 7.57. The van der Waals surface area contributed by atoms with Crippen LogP contribution in [0.25, 0.3) is 0 Å². The summed E-state index contributed by atoms with van der Waals surface area (Å²) in [5, 5.41) is 0. The van der Waals surface area contributed by atoms with E-state index in [1.807, 2.05) is 56.4 Å². The van der Waals surface area contributed by atoms with Gasteiger partial charge in [0.25, 0.3) is 0 Å². The summed E-state index contributed by atoms with van der Waals surface area (Å²) >= 11 is 1.56. The van der Waals surface area contributed by atoms with Crippen molar-refractivity contribution in [1.29, 1.82) is 0 Å². The van der Waals surface area contributed by atoms with Gasteiger partial charge in [-0.1, -0.05) is 72.1 Å². The van der Waals surface area contributed by atoms with Gasteiger partial charge in [0.2, 0.25) is 0 Å². The maximum Gasteiger partial charge on any atom is 0.174 e. The van der Waals surface area contributed by atoms with E-state index in [4.69, 9.17) is 0 Å². The Morgan fingerprint density at radius 1 is 1.05 bits per heavy atom. The molecule has 0 aliphatic rings. The highest BCUT2D eigenvalue weighted by Gasteiger charge is 2.08. The Morgan fingerprint density at radius 3 is 2.35 bits per heavy atom. The van der Waals surface area contributed by atoms with Gasteiger partial charge in [0.15, 0.2) is 5.78 Å². The summed E-state index contributed by atoms with van der Waals surface area (Å²) in [5.41, 5.74) is 3.22. The molecule has 0 heterocycles. The van der Waals surface area contributed by atoms with Crippen LogP contribution in [-0.4, -0.2) is 22.9 Å². The predicted molar refractivity (Wildman–Crippen MR) is 85.9 cm³/mol. The second-order valence-electron chi connectivity index (χ2n) is 4.83. The molecule has 0 N–H and O–H groups in total. The van der Waals surface area contributed by atoms with Crippen molar-refractivity contribution in [3.63, 3.8) is 0 Å². The molecule has 2 rings (SSSR count).